The first-order valence-electron chi connectivity index (χ1n) is 7.95. The van der Waals surface area contributed by atoms with Gasteiger partial charge in [0.2, 0.25) is 5.91 Å². The number of methoxy groups -OCH3 is 1. The summed E-state index contributed by atoms with van der Waals surface area (Å²) < 4.78 is 7.20. The van der Waals surface area contributed by atoms with E-state index >= 15 is 0 Å². The van der Waals surface area contributed by atoms with E-state index in [-0.39, 0.29) is 5.91 Å². The summed E-state index contributed by atoms with van der Waals surface area (Å²) in [6.07, 6.45) is 3.68. The summed E-state index contributed by atoms with van der Waals surface area (Å²) in [5.74, 6) is 0.479. The predicted octanol–water partition coefficient (Wildman–Crippen LogP) is 3.45. The molecular formula is C19H20N4O2. The molecule has 0 aliphatic carbocycles. The Bertz CT molecular complexity index is 860. The SMILES string of the molecule is COc1cc(NCc2ccccc2-n2cccn2)ccc1NC(C)=O. The molecule has 0 radical (unpaired) electrons. The van der Waals surface area contributed by atoms with Crippen molar-refractivity contribution in [1.29, 1.82) is 0 Å². The van der Waals surface area contributed by atoms with E-state index in [0.717, 1.165) is 16.9 Å². The molecule has 3 aromatic rings. The van der Waals surface area contributed by atoms with Crippen molar-refractivity contribution in [3.63, 3.8) is 0 Å². The first-order valence-corrected chi connectivity index (χ1v) is 7.95. The zero-order valence-corrected chi connectivity index (χ0v) is 14.2. The van der Waals surface area contributed by atoms with Gasteiger partial charge in [0, 0.05) is 37.6 Å². The van der Waals surface area contributed by atoms with Crippen LogP contribution in [-0.4, -0.2) is 22.8 Å². The van der Waals surface area contributed by atoms with Crippen LogP contribution in [0.15, 0.2) is 60.9 Å². The van der Waals surface area contributed by atoms with Gasteiger partial charge in [-0.25, -0.2) is 4.68 Å². The van der Waals surface area contributed by atoms with Crippen LogP contribution in [0.3, 0.4) is 0 Å². The van der Waals surface area contributed by atoms with Gasteiger partial charge < -0.3 is 15.4 Å². The van der Waals surface area contributed by atoms with Crippen molar-refractivity contribution in [3.8, 4) is 11.4 Å². The minimum atomic E-state index is -0.132. The van der Waals surface area contributed by atoms with E-state index < -0.39 is 0 Å². The molecule has 6 heteroatoms. The number of carbonyl (C=O) groups excluding carboxylic acids is 1. The monoisotopic (exact) mass is 336 g/mol. The van der Waals surface area contributed by atoms with E-state index in [1.807, 2.05) is 53.3 Å². The van der Waals surface area contributed by atoms with Crippen molar-refractivity contribution in [1.82, 2.24) is 9.78 Å². The fraction of sp³-hybridized carbons (Fsp3) is 0.158. The first-order chi connectivity index (χ1) is 12.2. The number of ether oxygens (including phenoxy) is 1. The molecule has 0 aliphatic heterocycles. The minimum Gasteiger partial charge on any atom is -0.494 e. The van der Waals surface area contributed by atoms with Gasteiger partial charge in [0.1, 0.15) is 5.75 Å². The fourth-order valence-corrected chi connectivity index (χ4v) is 2.59. The molecule has 0 atom stereocenters. The van der Waals surface area contributed by atoms with E-state index in [4.69, 9.17) is 4.74 Å². The van der Waals surface area contributed by atoms with E-state index in [1.165, 1.54) is 6.92 Å². The van der Waals surface area contributed by atoms with Crippen molar-refractivity contribution in [2.45, 2.75) is 13.5 Å². The van der Waals surface area contributed by atoms with Crippen molar-refractivity contribution in [2.24, 2.45) is 0 Å². The highest BCUT2D eigenvalue weighted by Gasteiger charge is 2.07. The zero-order valence-electron chi connectivity index (χ0n) is 14.2. The van der Waals surface area contributed by atoms with Gasteiger partial charge in [-0.1, -0.05) is 18.2 Å². The normalized spacial score (nSPS) is 10.3. The summed E-state index contributed by atoms with van der Waals surface area (Å²) in [5.41, 5.74) is 3.71. The molecule has 0 fully saturated rings. The van der Waals surface area contributed by atoms with Crippen LogP contribution in [-0.2, 0) is 11.3 Å². The molecule has 0 spiro atoms. The largest absolute Gasteiger partial charge is 0.494 e. The quantitative estimate of drug-likeness (QED) is 0.723. The highest BCUT2D eigenvalue weighted by atomic mass is 16.5. The van der Waals surface area contributed by atoms with Crippen molar-refractivity contribution in [3.05, 3.63) is 66.5 Å². The third-order valence-electron chi connectivity index (χ3n) is 3.74. The lowest BCUT2D eigenvalue weighted by Gasteiger charge is -2.14. The van der Waals surface area contributed by atoms with Crippen LogP contribution >= 0.6 is 0 Å². The molecule has 2 aromatic carbocycles. The van der Waals surface area contributed by atoms with Gasteiger partial charge in [0.15, 0.2) is 0 Å². The Kier molecular flexibility index (Phi) is 4.99. The summed E-state index contributed by atoms with van der Waals surface area (Å²) in [7, 11) is 1.58. The Morgan fingerprint density at radius 1 is 1.20 bits per heavy atom. The first kappa shape index (κ1) is 16.6. The van der Waals surface area contributed by atoms with Crippen molar-refractivity contribution < 1.29 is 9.53 Å². The molecule has 0 saturated carbocycles. The van der Waals surface area contributed by atoms with E-state index in [2.05, 4.69) is 21.8 Å². The Morgan fingerprint density at radius 3 is 2.76 bits per heavy atom. The summed E-state index contributed by atoms with van der Waals surface area (Å²) >= 11 is 0. The van der Waals surface area contributed by atoms with Crippen LogP contribution in [0.4, 0.5) is 11.4 Å². The highest BCUT2D eigenvalue weighted by Crippen LogP contribution is 2.28. The maximum atomic E-state index is 11.2. The standard InChI is InChI=1S/C19H20N4O2/c1-14(24)22-17-9-8-16(12-19(17)25-2)20-13-15-6-3-4-7-18(15)23-11-5-10-21-23/h3-12,20H,13H2,1-2H3,(H,22,24). The second kappa shape index (κ2) is 7.53. The third-order valence-corrected chi connectivity index (χ3v) is 3.74. The molecule has 25 heavy (non-hydrogen) atoms. The molecular weight excluding hydrogens is 316 g/mol. The second-order valence-electron chi connectivity index (χ2n) is 5.53. The highest BCUT2D eigenvalue weighted by molar-refractivity contribution is 5.90. The lowest BCUT2D eigenvalue weighted by atomic mass is 10.1. The molecule has 0 aliphatic rings. The molecule has 1 aromatic heterocycles. The molecule has 128 valence electrons. The number of rotatable bonds is 6. The molecule has 1 heterocycles. The van der Waals surface area contributed by atoms with E-state index in [0.29, 0.717) is 18.0 Å². The Morgan fingerprint density at radius 2 is 2.04 bits per heavy atom. The van der Waals surface area contributed by atoms with Crippen LogP contribution in [0.5, 0.6) is 5.75 Å². The van der Waals surface area contributed by atoms with Gasteiger partial charge in [-0.05, 0) is 29.8 Å². The average molecular weight is 336 g/mol. The number of aromatic nitrogens is 2. The number of nitrogens with one attached hydrogen (secondary N) is 2. The van der Waals surface area contributed by atoms with Gasteiger partial charge in [-0.3, -0.25) is 4.79 Å². The van der Waals surface area contributed by atoms with Crippen molar-refractivity contribution in [2.75, 3.05) is 17.7 Å². The van der Waals surface area contributed by atoms with E-state index in [9.17, 15) is 4.79 Å². The van der Waals surface area contributed by atoms with Crippen molar-refractivity contribution >= 4 is 17.3 Å². The van der Waals surface area contributed by atoms with Crippen LogP contribution in [0.2, 0.25) is 0 Å². The molecule has 0 bridgehead atoms. The Balaban J connectivity index is 1.77. The summed E-state index contributed by atoms with van der Waals surface area (Å²) in [5, 5.41) is 10.4. The lowest BCUT2D eigenvalue weighted by molar-refractivity contribution is -0.114. The van der Waals surface area contributed by atoms with Crippen LogP contribution in [0.1, 0.15) is 12.5 Å². The number of hydrogen-bond donors (Lipinski definition) is 2. The Labute approximate surface area is 146 Å². The van der Waals surface area contributed by atoms with Gasteiger partial charge in [0.25, 0.3) is 0 Å². The minimum absolute atomic E-state index is 0.132. The molecule has 6 nitrogen and oxygen atoms in total. The number of amides is 1. The summed E-state index contributed by atoms with van der Waals surface area (Å²) in [6, 6.07) is 15.6. The number of benzene rings is 2. The lowest BCUT2D eigenvalue weighted by Crippen LogP contribution is -2.08. The molecule has 0 unspecified atom stereocenters. The number of nitrogens with zero attached hydrogens (tertiary/aromatic N) is 2. The number of carbonyl (C=O) groups is 1. The van der Waals surface area contributed by atoms with Crippen LogP contribution in [0, 0.1) is 0 Å². The number of anilines is 2. The van der Waals surface area contributed by atoms with Crippen LogP contribution in [0.25, 0.3) is 5.69 Å². The summed E-state index contributed by atoms with van der Waals surface area (Å²) in [4.78, 5) is 11.2. The number of hydrogen-bond acceptors (Lipinski definition) is 4. The third kappa shape index (κ3) is 3.98. The van der Waals surface area contributed by atoms with Crippen LogP contribution < -0.4 is 15.4 Å². The zero-order chi connectivity index (χ0) is 17.6. The predicted molar refractivity (Wildman–Crippen MR) is 98.2 cm³/mol. The summed E-state index contributed by atoms with van der Waals surface area (Å²) in [6.45, 7) is 2.11. The maximum Gasteiger partial charge on any atom is 0.221 e. The van der Waals surface area contributed by atoms with Gasteiger partial charge in [-0.15, -0.1) is 0 Å². The van der Waals surface area contributed by atoms with E-state index in [1.54, 1.807) is 13.3 Å². The topological polar surface area (TPSA) is 68.2 Å². The molecule has 1 amide bonds. The fourth-order valence-electron chi connectivity index (χ4n) is 2.59. The second-order valence-corrected chi connectivity index (χ2v) is 5.53. The van der Waals surface area contributed by atoms with Gasteiger partial charge in [0.05, 0.1) is 18.5 Å². The molecule has 0 saturated heterocycles. The maximum absolute atomic E-state index is 11.2. The molecule has 2 N–H and O–H groups in total. The number of para-hydroxylation sites is 1. The Hall–Kier alpha value is -3.28. The smallest absolute Gasteiger partial charge is 0.221 e. The molecule has 3 rings (SSSR count). The van der Waals surface area contributed by atoms with Gasteiger partial charge >= 0.3 is 0 Å². The van der Waals surface area contributed by atoms with Gasteiger partial charge in [-0.2, -0.15) is 5.10 Å². The average Bonchev–Trinajstić information content (AvgIpc) is 3.15.